The SMILES string of the molecule is CN(Cc1ccccc1F)S(=O)(=O)c1ccccc1[N+](=O)[O-]. The van der Waals surface area contributed by atoms with E-state index in [-0.39, 0.29) is 12.1 Å². The molecule has 0 aromatic heterocycles. The quantitative estimate of drug-likeness (QED) is 0.625. The summed E-state index contributed by atoms with van der Waals surface area (Å²) in [6.07, 6.45) is 0. The van der Waals surface area contributed by atoms with Gasteiger partial charge in [-0.15, -0.1) is 0 Å². The van der Waals surface area contributed by atoms with Gasteiger partial charge in [-0.25, -0.2) is 12.8 Å². The van der Waals surface area contributed by atoms with Gasteiger partial charge >= 0.3 is 0 Å². The number of halogens is 1. The van der Waals surface area contributed by atoms with E-state index in [1.165, 1.54) is 37.4 Å². The van der Waals surface area contributed by atoms with Crippen LogP contribution in [-0.4, -0.2) is 24.7 Å². The van der Waals surface area contributed by atoms with Crippen molar-refractivity contribution in [2.24, 2.45) is 0 Å². The molecule has 0 fully saturated rings. The van der Waals surface area contributed by atoms with Gasteiger partial charge in [0, 0.05) is 25.2 Å². The number of nitro benzene ring substituents is 1. The second-order valence-corrected chi connectivity index (χ2v) is 6.59. The van der Waals surface area contributed by atoms with Gasteiger partial charge in [0.1, 0.15) is 5.82 Å². The summed E-state index contributed by atoms with van der Waals surface area (Å²) < 4.78 is 39.4. The van der Waals surface area contributed by atoms with E-state index in [4.69, 9.17) is 0 Å². The molecule has 0 amide bonds. The summed E-state index contributed by atoms with van der Waals surface area (Å²) in [6, 6.07) is 10.8. The molecule has 0 unspecified atom stereocenters. The number of hydrogen-bond acceptors (Lipinski definition) is 4. The smallest absolute Gasteiger partial charge is 0.258 e. The van der Waals surface area contributed by atoms with Crippen molar-refractivity contribution in [1.29, 1.82) is 0 Å². The Bertz CT molecular complexity index is 808. The van der Waals surface area contributed by atoms with E-state index in [0.29, 0.717) is 0 Å². The van der Waals surface area contributed by atoms with Crippen molar-refractivity contribution in [3.63, 3.8) is 0 Å². The summed E-state index contributed by atoms with van der Waals surface area (Å²) in [4.78, 5) is 9.79. The Morgan fingerprint density at radius 2 is 1.73 bits per heavy atom. The highest BCUT2D eigenvalue weighted by Crippen LogP contribution is 2.26. The number of hydrogen-bond donors (Lipinski definition) is 0. The van der Waals surface area contributed by atoms with Gasteiger partial charge in [-0.3, -0.25) is 10.1 Å². The first kappa shape index (κ1) is 16.1. The van der Waals surface area contributed by atoms with E-state index < -0.39 is 31.3 Å². The molecule has 6 nitrogen and oxygen atoms in total. The molecule has 0 saturated carbocycles. The highest BCUT2D eigenvalue weighted by Gasteiger charge is 2.29. The molecule has 0 aliphatic carbocycles. The lowest BCUT2D eigenvalue weighted by Crippen LogP contribution is -2.27. The average Bonchev–Trinajstić information content (AvgIpc) is 2.49. The maximum atomic E-state index is 13.6. The Morgan fingerprint density at radius 1 is 1.14 bits per heavy atom. The van der Waals surface area contributed by atoms with Gasteiger partial charge in [-0.1, -0.05) is 30.3 Å². The lowest BCUT2D eigenvalue weighted by Gasteiger charge is -2.17. The van der Waals surface area contributed by atoms with Crippen LogP contribution in [0.25, 0.3) is 0 Å². The molecule has 0 aliphatic heterocycles. The summed E-state index contributed by atoms with van der Waals surface area (Å²) in [5.41, 5.74) is -0.324. The molecule has 0 heterocycles. The van der Waals surface area contributed by atoms with E-state index in [0.717, 1.165) is 16.4 Å². The van der Waals surface area contributed by atoms with E-state index in [9.17, 15) is 22.9 Å². The number of para-hydroxylation sites is 1. The molecule has 22 heavy (non-hydrogen) atoms. The fourth-order valence-electron chi connectivity index (χ4n) is 1.95. The van der Waals surface area contributed by atoms with Crippen LogP contribution in [-0.2, 0) is 16.6 Å². The summed E-state index contributed by atoms with van der Waals surface area (Å²) in [6.45, 7) is -0.221. The summed E-state index contributed by atoms with van der Waals surface area (Å²) in [7, 11) is -2.86. The molecule has 0 atom stereocenters. The molecule has 2 aromatic rings. The first-order valence-electron chi connectivity index (χ1n) is 6.27. The number of benzene rings is 2. The van der Waals surface area contributed by atoms with Crippen LogP contribution in [0.3, 0.4) is 0 Å². The van der Waals surface area contributed by atoms with Crippen LogP contribution in [0.5, 0.6) is 0 Å². The van der Waals surface area contributed by atoms with Gasteiger partial charge < -0.3 is 0 Å². The first-order valence-corrected chi connectivity index (χ1v) is 7.71. The summed E-state index contributed by atoms with van der Waals surface area (Å²) in [5, 5.41) is 11.0. The van der Waals surface area contributed by atoms with Gasteiger partial charge in [-0.2, -0.15) is 4.31 Å². The van der Waals surface area contributed by atoms with Gasteiger partial charge in [-0.05, 0) is 12.1 Å². The Labute approximate surface area is 127 Å². The molecule has 0 radical (unpaired) electrons. The zero-order chi connectivity index (χ0) is 16.3. The Balaban J connectivity index is 2.39. The van der Waals surface area contributed by atoms with Crippen LogP contribution >= 0.6 is 0 Å². The van der Waals surface area contributed by atoms with E-state index in [1.807, 2.05) is 0 Å². The molecule has 0 saturated heterocycles. The molecule has 0 N–H and O–H groups in total. The van der Waals surface area contributed by atoms with Crippen LogP contribution in [0.15, 0.2) is 53.4 Å². The first-order chi connectivity index (χ1) is 10.3. The monoisotopic (exact) mass is 324 g/mol. The van der Waals surface area contributed by atoms with Crippen molar-refractivity contribution in [2.75, 3.05) is 7.05 Å². The molecule has 116 valence electrons. The molecule has 2 aromatic carbocycles. The van der Waals surface area contributed by atoms with Crippen molar-refractivity contribution in [3.05, 3.63) is 70.0 Å². The third-order valence-corrected chi connectivity index (χ3v) is 4.95. The van der Waals surface area contributed by atoms with E-state index >= 15 is 0 Å². The van der Waals surface area contributed by atoms with Crippen molar-refractivity contribution >= 4 is 15.7 Å². The minimum Gasteiger partial charge on any atom is -0.258 e. The van der Waals surface area contributed by atoms with Crippen molar-refractivity contribution in [1.82, 2.24) is 4.31 Å². The second-order valence-electron chi connectivity index (χ2n) is 4.58. The van der Waals surface area contributed by atoms with Crippen molar-refractivity contribution in [2.45, 2.75) is 11.4 Å². The highest BCUT2D eigenvalue weighted by molar-refractivity contribution is 7.89. The van der Waals surface area contributed by atoms with Crippen LogP contribution in [0.1, 0.15) is 5.56 Å². The lowest BCUT2D eigenvalue weighted by atomic mass is 10.2. The molecular weight excluding hydrogens is 311 g/mol. The van der Waals surface area contributed by atoms with Gasteiger partial charge in [0.15, 0.2) is 4.90 Å². The summed E-state index contributed by atoms with van der Waals surface area (Å²) >= 11 is 0. The largest absolute Gasteiger partial charge is 0.289 e. The van der Waals surface area contributed by atoms with Crippen LogP contribution < -0.4 is 0 Å². The number of nitrogens with zero attached hydrogens (tertiary/aromatic N) is 2. The van der Waals surface area contributed by atoms with Crippen LogP contribution in [0.4, 0.5) is 10.1 Å². The zero-order valence-electron chi connectivity index (χ0n) is 11.6. The fourth-order valence-corrected chi connectivity index (χ4v) is 3.25. The maximum absolute atomic E-state index is 13.6. The Hall–Kier alpha value is -2.32. The molecule has 0 aliphatic rings. The van der Waals surface area contributed by atoms with Crippen molar-refractivity contribution in [3.8, 4) is 0 Å². The molecule has 2 rings (SSSR count). The van der Waals surface area contributed by atoms with E-state index in [1.54, 1.807) is 6.07 Å². The third-order valence-electron chi connectivity index (χ3n) is 3.10. The van der Waals surface area contributed by atoms with E-state index in [2.05, 4.69) is 0 Å². The minimum absolute atomic E-state index is 0.187. The Kier molecular flexibility index (Phi) is 4.53. The molecule has 8 heteroatoms. The number of sulfonamides is 1. The van der Waals surface area contributed by atoms with Crippen LogP contribution in [0.2, 0.25) is 0 Å². The van der Waals surface area contributed by atoms with Crippen molar-refractivity contribution < 1.29 is 17.7 Å². The highest BCUT2D eigenvalue weighted by atomic mass is 32.2. The average molecular weight is 324 g/mol. The second kappa shape index (κ2) is 6.20. The predicted molar refractivity (Wildman–Crippen MR) is 78.1 cm³/mol. The number of rotatable bonds is 5. The standard InChI is InChI=1S/C14H13FN2O4S/c1-16(10-11-6-2-3-7-12(11)15)22(20,21)14-9-5-4-8-13(14)17(18)19/h2-9H,10H2,1H3. The normalized spacial score (nSPS) is 11.6. The zero-order valence-corrected chi connectivity index (χ0v) is 12.5. The van der Waals surface area contributed by atoms with Gasteiger partial charge in [0.05, 0.1) is 4.92 Å². The lowest BCUT2D eigenvalue weighted by molar-refractivity contribution is -0.387. The molecule has 0 spiro atoms. The molecule has 0 bridgehead atoms. The van der Waals surface area contributed by atoms with Gasteiger partial charge in [0.25, 0.3) is 5.69 Å². The topological polar surface area (TPSA) is 80.5 Å². The predicted octanol–water partition coefficient (Wildman–Crippen LogP) is 2.55. The van der Waals surface area contributed by atoms with Gasteiger partial charge in [0.2, 0.25) is 10.0 Å². The number of nitro groups is 1. The van der Waals surface area contributed by atoms with Crippen LogP contribution in [0, 0.1) is 15.9 Å². The fraction of sp³-hybridized carbons (Fsp3) is 0.143. The third kappa shape index (κ3) is 3.12. The molecular formula is C14H13FN2O4S. The minimum atomic E-state index is -4.10. The summed E-state index contributed by atoms with van der Waals surface area (Å²) in [5.74, 6) is -0.535. The maximum Gasteiger partial charge on any atom is 0.289 e. The Morgan fingerprint density at radius 3 is 2.36 bits per heavy atom.